The first-order valence-corrected chi connectivity index (χ1v) is 8.51. The van der Waals surface area contributed by atoms with Gasteiger partial charge in [-0.15, -0.1) is 0 Å². The quantitative estimate of drug-likeness (QED) is 0.609. The Kier molecular flexibility index (Phi) is 5.14. The maximum atomic E-state index is 10.9. The van der Waals surface area contributed by atoms with Crippen LogP contribution in [0, 0.1) is 0 Å². The second kappa shape index (κ2) is 7.48. The highest BCUT2D eigenvalue weighted by Crippen LogP contribution is 2.29. The lowest BCUT2D eigenvalue weighted by atomic mass is 10.2. The van der Waals surface area contributed by atoms with Gasteiger partial charge >= 0.3 is 0 Å². The van der Waals surface area contributed by atoms with E-state index in [-0.39, 0.29) is 6.61 Å². The van der Waals surface area contributed by atoms with Gasteiger partial charge in [0.25, 0.3) is 0 Å². The van der Waals surface area contributed by atoms with Gasteiger partial charge in [-0.1, -0.05) is 31.5 Å². The molecule has 3 aromatic rings. The van der Waals surface area contributed by atoms with Crippen LogP contribution in [-0.2, 0) is 22.5 Å². The number of ether oxygens (including phenoxy) is 1. The summed E-state index contributed by atoms with van der Waals surface area (Å²) < 4.78 is 7.48. The van der Waals surface area contributed by atoms with Gasteiger partial charge in [0, 0.05) is 18.4 Å². The number of anilines is 1. The average Bonchev–Trinajstić information content (AvgIpc) is 2.96. The van der Waals surface area contributed by atoms with Crippen LogP contribution < -0.4 is 11.5 Å². The molecule has 0 bridgehead atoms. The number of nitrogens with two attached hydrogens (primary N) is 2. The molecule has 4 N–H and O–H groups in total. The summed E-state index contributed by atoms with van der Waals surface area (Å²) in [5.74, 6) is 0.924. The number of benzene rings is 1. The molecule has 0 fully saturated rings. The molecular formula is C18H23N5O2. The van der Waals surface area contributed by atoms with Gasteiger partial charge in [-0.3, -0.25) is 4.79 Å². The van der Waals surface area contributed by atoms with Crippen molar-refractivity contribution in [1.29, 1.82) is 0 Å². The van der Waals surface area contributed by atoms with Crippen LogP contribution in [0.25, 0.3) is 21.9 Å². The zero-order valence-corrected chi connectivity index (χ0v) is 14.4. The molecule has 0 aliphatic carbocycles. The van der Waals surface area contributed by atoms with Crippen LogP contribution in [0.15, 0.2) is 24.3 Å². The van der Waals surface area contributed by atoms with Gasteiger partial charge in [0.05, 0.1) is 17.6 Å². The highest BCUT2D eigenvalue weighted by atomic mass is 16.5. The monoisotopic (exact) mass is 341 g/mol. The molecule has 0 atom stereocenters. The van der Waals surface area contributed by atoms with Crippen LogP contribution in [0.1, 0.15) is 25.6 Å². The Bertz CT molecular complexity index is 903. The van der Waals surface area contributed by atoms with E-state index in [1.807, 2.05) is 24.3 Å². The second-order valence-electron chi connectivity index (χ2n) is 6.01. The van der Waals surface area contributed by atoms with Gasteiger partial charge < -0.3 is 20.8 Å². The SMILES string of the molecule is CCCCc1nc2c(N)nc3ccccc3c2n1CCOCC(N)=O. The van der Waals surface area contributed by atoms with Gasteiger partial charge in [0.15, 0.2) is 5.82 Å². The predicted octanol–water partition coefficient (Wildman–Crippen LogP) is 2.01. The molecule has 132 valence electrons. The summed E-state index contributed by atoms with van der Waals surface area (Å²) in [6.45, 7) is 3.02. The van der Waals surface area contributed by atoms with Crippen LogP contribution in [0.5, 0.6) is 0 Å². The Hall–Kier alpha value is -2.67. The molecule has 25 heavy (non-hydrogen) atoms. The standard InChI is InChI=1S/C18H23N5O2/c1-2-3-8-15-22-16-17(23(15)9-10-25-11-14(19)24)12-6-4-5-7-13(12)21-18(16)20/h4-7H,2-3,8-11H2,1H3,(H2,19,24)(H2,20,21). The zero-order chi connectivity index (χ0) is 17.8. The molecule has 2 aromatic heterocycles. The number of fused-ring (bicyclic) bond motifs is 3. The number of aryl methyl sites for hydroxylation is 1. The molecule has 0 saturated carbocycles. The van der Waals surface area contributed by atoms with Gasteiger partial charge in [-0.25, -0.2) is 9.97 Å². The molecule has 0 saturated heterocycles. The molecule has 0 unspecified atom stereocenters. The molecule has 7 heteroatoms. The zero-order valence-electron chi connectivity index (χ0n) is 14.4. The average molecular weight is 341 g/mol. The summed E-state index contributed by atoms with van der Waals surface area (Å²) in [4.78, 5) is 20.1. The molecule has 2 heterocycles. The Morgan fingerprint density at radius 3 is 2.84 bits per heavy atom. The first kappa shape index (κ1) is 17.2. The van der Waals surface area contributed by atoms with E-state index in [2.05, 4.69) is 16.5 Å². The summed E-state index contributed by atoms with van der Waals surface area (Å²) in [7, 11) is 0. The van der Waals surface area contributed by atoms with E-state index in [0.717, 1.165) is 47.0 Å². The molecular weight excluding hydrogens is 318 g/mol. The van der Waals surface area contributed by atoms with Crippen LogP contribution in [0.4, 0.5) is 5.82 Å². The number of rotatable bonds is 8. The smallest absolute Gasteiger partial charge is 0.243 e. The van der Waals surface area contributed by atoms with Crippen LogP contribution in [0.2, 0.25) is 0 Å². The van der Waals surface area contributed by atoms with Gasteiger partial charge in [-0.2, -0.15) is 0 Å². The third-order valence-corrected chi connectivity index (χ3v) is 4.15. The number of para-hydroxylation sites is 1. The maximum Gasteiger partial charge on any atom is 0.243 e. The fourth-order valence-electron chi connectivity index (χ4n) is 3.00. The molecule has 1 aromatic carbocycles. The van der Waals surface area contributed by atoms with Crippen molar-refractivity contribution < 1.29 is 9.53 Å². The fraction of sp³-hybridized carbons (Fsp3) is 0.389. The first-order valence-electron chi connectivity index (χ1n) is 8.51. The minimum atomic E-state index is -0.472. The van der Waals surface area contributed by atoms with Crippen molar-refractivity contribution in [2.45, 2.75) is 32.7 Å². The summed E-state index contributed by atoms with van der Waals surface area (Å²) in [6.07, 6.45) is 2.97. The fourth-order valence-corrected chi connectivity index (χ4v) is 3.00. The van der Waals surface area contributed by atoms with E-state index in [1.165, 1.54) is 0 Å². The lowest BCUT2D eigenvalue weighted by molar-refractivity contribution is -0.122. The van der Waals surface area contributed by atoms with Crippen molar-refractivity contribution in [3.8, 4) is 0 Å². The molecule has 0 radical (unpaired) electrons. The number of carbonyl (C=O) groups is 1. The van der Waals surface area contributed by atoms with Gasteiger partial charge in [0.1, 0.15) is 17.9 Å². The predicted molar refractivity (Wildman–Crippen MR) is 98.1 cm³/mol. The molecule has 7 nitrogen and oxygen atoms in total. The Morgan fingerprint density at radius 1 is 1.28 bits per heavy atom. The van der Waals surface area contributed by atoms with Crippen molar-refractivity contribution in [3.05, 3.63) is 30.1 Å². The Labute approximate surface area is 146 Å². The third kappa shape index (κ3) is 3.56. The minimum Gasteiger partial charge on any atom is -0.382 e. The van der Waals surface area contributed by atoms with E-state index >= 15 is 0 Å². The van der Waals surface area contributed by atoms with Crippen LogP contribution in [0.3, 0.4) is 0 Å². The molecule has 3 rings (SSSR count). The number of carbonyl (C=O) groups excluding carboxylic acids is 1. The third-order valence-electron chi connectivity index (χ3n) is 4.15. The highest BCUT2D eigenvalue weighted by molar-refractivity contribution is 6.06. The number of nitrogens with zero attached hydrogens (tertiary/aromatic N) is 3. The van der Waals surface area contributed by atoms with Crippen molar-refractivity contribution in [2.24, 2.45) is 5.73 Å². The maximum absolute atomic E-state index is 10.9. The number of pyridine rings is 1. The number of nitrogen functional groups attached to an aromatic ring is 1. The largest absolute Gasteiger partial charge is 0.382 e. The van der Waals surface area contributed by atoms with Crippen molar-refractivity contribution in [1.82, 2.24) is 14.5 Å². The number of imidazole rings is 1. The molecule has 1 amide bonds. The molecule has 0 aliphatic rings. The number of aromatic nitrogens is 3. The number of unbranched alkanes of at least 4 members (excludes halogenated alkanes) is 1. The Morgan fingerprint density at radius 2 is 2.08 bits per heavy atom. The highest BCUT2D eigenvalue weighted by Gasteiger charge is 2.16. The van der Waals surface area contributed by atoms with Crippen molar-refractivity contribution in [3.63, 3.8) is 0 Å². The van der Waals surface area contributed by atoms with Crippen molar-refractivity contribution >= 4 is 33.7 Å². The van der Waals surface area contributed by atoms with Crippen LogP contribution in [-0.4, -0.2) is 33.7 Å². The Balaban J connectivity index is 2.07. The van der Waals surface area contributed by atoms with Crippen molar-refractivity contribution in [2.75, 3.05) is 18.9 Å². The topological polar surface area (TPSA) is 109 Å². The summed E-state index contributed by atoms with van der Waals surface area (Å²) >= 11 is 0. The normalized spacial score (nSPS) is 11.4. The first-order chi connectivity index (χ1) is 12.1. The van der Waals surface area contributed by atoms with E-state index < -0.39 is 5.91 Å². The lowest BCUT2D eigenvalue weighted by Crippen LogP contribution is -2.20. The van der Waals surface area contributed by atoms with Gasteiger partial charge in [0.2, 0.25) is 5.91 Å². The summed E-state index contributed by atoms with van der Waals surface area (Å²) in [6, 6.07) is 7.88. The van der Waals surface area contributed by atoms with E-state index in [0.29, 0.717) is 19.0 Å². The summed E-state index contributed by atoms with van der Waals surface area (Å²) in [5.41, 5.74) is 13.8. The number of hydrogen-bond acceptors (Lipinski definition) is 5. The van der Waals surface area contributed by atoms with Gasteiger partial charge in [-0.05, 0) is 12.5 Å². The number of amides is 1. The number of primary amides is 1. The van der Waals surface area contributed by atoms with E-state index in [4.69, 9.17) is 21.2 Å². The minimum absolute atomic E-state index is 0.0820. The van der Waals surface area contributed by atoms with E-state index in [1.54, 1.807) is 0 Å². The van der Waals surface area contributed by atoms with E-state index in [9.17, 15) is 4.79 Å². The summed E-state index contributed by atoms with van der Waals surface area (Å²) in [5, 5.41) is 1.01. The lowest BCUT2D eigenvalue weighted by Gasteiger charge is -2.11. The number of hydrogen-bond donors (Lipinski definition) is 2. The second-order valence-corrected chi connectivity index (χ2v) is 6.01. The molecule has 0 aliphatic heterocycles. The molecule has 0 spiro atoms. The van der Waals surface area contributed by atoms with Crippen LogP contribution >= 0.6 is 0 Å².